The number of amides is 1. The Bertz CT molecular complexity index is 709. The number of aromatic nitrogens is 1. The largest absolute Gasteiger partial charge is 0.352 e. The van der Waals surface area contributed by atoms with E-state index in [0.717, 1.165) is 56.8 Å². The number of pyridine rings is 1. The predicted octanol–water partition coefficient (Wildman–Crippen LogP) is 2.22. The lowest BCUT2D eigenvalue weighted by molar-refractivity contribution is -0.127. The van der Waals surface area contributed by atoms with Crippen LogP contribution in [-0.4, -0.2) is 52.9 Å². The highest BCUT2D eigenvalue weighted by Gasteiger charge is 2.33. The molecule has 4 rings (SSSR count). The quantitative estimate of drug-likeness (QED) is 0.868. The summed E-state index contributed by atoms with van der Waals surface area (Å²) in [6, 6.07) is 16.4. The molecule has 2 fully saturated rings. The van der Waals surface area contributed by atoms with E-state index >= 15 is 0 Å². The maximum absolute atomic E-state index is 12.9. The van der Waals surface area contributed by atoms with Gasteiger partial charge in [-0.1, -0.05) is 36.4 Å². The van der Waals surface area contributed by atoms with Gasteiger partial charge < -0.3 is 5.32 Å². The highest BCUT2D eigenvalue weighted by molar-refractivity contribution is 5.83. The van der Waals surface area contributed by atoms with Crippen molar-refractivity contribution in [2.24, 2.45) is 0 Å². The third kappa shape index (κ3) is 4.29. The Kier molecular flexibility index (Phi) is 5.27. The van der Waals surface area contributed by atoms with Crippen molar-refractivity contribution < 1.29 is 4.79 Å². The second-order valence-electron chi connectivity index (χ2n) is 7.23. The van der Waals surface area contributed by atoms with Crippen LogP contribution in [0.25, 0.3) is 0 Å². The number of nitrogens with one attached hydrogen (secondary N) is 1. The molecule has 1 aliphatic carbocycles. The lowest BCUT2D eigenvalue weighted by Gasteiger charge is -2.38. The minimum Gasteiger partial charge on any atom is -0.352 e. The fourth-order valence-electron chi connectivity index (χ4n) is 3.57. The smallest absolute Gasteiger partial charge is 0.242 e. The fraction of sp³-hybridized carbons (Fsp3) is 0.429. The molecule has 2 aliphatic rings. The first-order chi connectivity index (χ1) is 12.8. The van der Waals surface area contributed by atoms with Crippen molar-refractivity contribution in [1.29, 1.82) is 0 Å². The summed E-state index contributed by atoms with van der Waals surface area (Å²) in [5, 5.41) is 3.20. The van der Waals surface area contributed by atoms with Crippen LogP contribution in [0.15, 0.2) is 54.7 Å². The number of benzene rings is 1. The van der Waals surface area contributed by atoms with Crippen molar-refractivity contribution in [3.63, 3.8) is 0 Å². The molecule has 1 unspecified atom stereocenters. The van der Waals surface area contributed by atoms with Crippen LogP contribution in [0, 0.1) is 0 Å². The number of nitrogens with zero attached hydrogens (tertiary/aromatic N) is 3. The van der Waals surface area contributed by atoms with Crippen LogP contribution in [0.4, 0.5) is 0 Å². The average Bonchev–Trinajstić information content (AvgIpc) is 3.49. The minimum atomic E-state index is -0.186. The Balaban J connectivity index is 1.41. The highest BCUT2D eigenvalue weighted by atomic mass is 16.2. The van der Waals surface area contributed by atoms with E-state index in [1.165, 1.54) is 0 Å². The van der Waals surface area contributed by atoms with Gasteiger partial charge >= 0.3 is 0 Å². The second-order valence-corrected chi connectivity index (χ2v) is 7.23. The molecule has 2 aromatic rings. The monoisotopic (exact) mass is 350 g/mol. The van der Waals surface area contributed by atoms with Gasteiger partial charge in [0.2, 0.25) is 5.91 Å². The molecular weight excluding hydrogens is 324 g/mol. The number of hydrogen-bond acceptors (Lipinski definition) is 4. The molecular formula is C21H26N4O. The zero-order valence-electron chi connectivity index (χ0n) is 15.1. The first kappa shape index (κ1) is 17.2. The fourth-order valence-corrected chi connectivity index (χ4v) is 3.57. The van der Waals surface area contributed by atoms with E-state index < -0.39 is 0 Å². The van der Waals surface area contributed by atoms with E-state index in [-0.39, 0.29) is 11.9 Å². The number of hydrogen-bond donors (Lipinski definition) is 1. The summed E-state index contributed by atoms with van der Waals surface area (Å²) in [7, 11) is 0. The van der Waals surface area contributed by atoms with Gasteiger partial charge in [0.25, 0.3) is 0 Å². The van der Waals surface area contributed by atoms with E-state index in [1.807, 2.05) is 36.5 Å². The third-order valence-electron chi connectivity index (χ3n) is 5.17. The molecule has 136 valence electrons. The summed E-state index contributed by atoms with van der Waals surface area (Å²) in [5.41, 5.74) is 2.19. The molecule has 0 radical (unpaired) electrons. The number of rotatable bonds is 6. The normalized spacial score (nSPS) is 19.8. The molecule has 1 aromatic heterocycles. The molecule has 1 aromatic carbocycles. The molecule has 0 spiro atoms. The van der Waals surface area contributed by atoms with Crippen LogP contribution in [0.1, 0.15) is 30.1 Å². The van der Waals surface area contributed by atoms with E-state index in [2.05, 4.69) is 38.3 Å². The second kappa shape index (κ2) is 7.98. The first-order valence-electron chi connectivity index (χ1n) is 9.51. The highest BCUT2D eigenvalue weighted by Crippen LogP contribution is 2.26. The summed E-state index contributed by atoms with van der Waals surface area (Å²) in [6.45, 7) is 4.57. The zero-order valence-corrected chi connectivity index (χ0v) is 15.1. The van der Waals surface area contributed by atoms with E-state index in [1.54, 1.807) is 0 Å². The average molecular weight is 350 g/mol. The lowest BCUT2D eigenvalue weighted by Crippen LogP contribution is -2.51. The first-order valence-corrected chi connectivity index (χ1v) is 9.51. The van der Waals surface area contributed by atoms with Crippen molar-refractivity contribution in [2.45, 2.75) is 31.5 Å². The zero-order chi connectivity index (χ0) is 17.8. The summed E-state index contributed by atoms with van der Waals surface area (Å²) >= 11 is 0. The van der Waals surface area contributed by atoms with Gasteiger partial charge in [-0.2, -0.15) is 0 Å². The van der Waals surface area contributed by atoms with Crippen LogP contribution in [0.5, 0.6) is 0 Å². The van der Waals surface area contributed by atoms with Crippen molar-refractivity contribution in [1.82, 2.24) is 20.1 Å². The number of carbonyl (C=O) groups excluding carboxylic acids is 1. The summed E-state index contributed by atoms with van der Waals surface area (Å²) < 4.78 is 0. The molecule has 1 N–H and O–H groups in total. The molecule has 5 nitrogen and oxygen atoms in total. The van der Waals surface area contributed by atoms with Crippen molar-refractivity contribution >= 4 is 5.91 Å². The minimum absolute atomic E-state index is 0.150. The molecule has 1 saturated heterocycles. The van der Waals surface area contributed by atoms with Gasteiger partial charge in [0, 0.05) is 45.0 Å². The SMILES string of the molecule is O=C(NC1CC1)C(c1ccccc1)N1CCN(Cc2ccccn2)CC1. The van der Waals surface area contributed by atoms with Crippen molar-refractivity contribution in [3.8, 4) is 0 Å². The Labute approximate surface area is 155 Å². The van der Waals surface area contributed by atoms with Crippen LogP contribution < -0.4 is 5.32 Å². The van der Waals surface area contributed by atoms with Gasteiger partial charge in [-0.15, -0.1) is 0 Å². The van der Waals surface area contributed by atoms with Gasteiger partial charge in [0.05, 0.1) is 5.69 Å². The molecule has 2 heterocycles. The van der Waals surface area contributed by atoms with Crippen molar-refractivity contribution in [2.75, 3.05) is 26.2 Å². The summed E-state index contributed by atoms with van der Waals surface area (Å²) in [4.78, 5) is 22.1. The Morgan fingerprint density at radius 1 is 1.04 bits per heavy atom. The maximum Gasteiger partial charge on any atom is 0.242 e. The van der Waals surface area contributed by atoms with Gasteiger partial charge in [-0.05, 0) is 30.5 Å². The predicted molar refractivity (Wildman–Crippen MR) is 101 cm³/mol. The summed E-state index contributed by atoms with van der Waals surface area (Å²) in [6.07, 6.45) is 4.08. The number of carbonyl (C=O) groups is 1. The van der Waals surface area contributed by atoms with E-state index in [9.17, 15) is 4.79 Å². The van der Waals surface area contributed by atoms with Crippen LogP contribution in [0.3, 0.4) is 0 Å². The van der Waals surface area contributed by atoms with Gasteiger partial charge in [-0.25, -0.2) is 0 Å². The van der Waals surface area contributed by atoms with E-state index in [4.69, 9.17) is 0 Å². The third-order valence-corrected chi connectivity index (χ3v) is 5.17. The van der Waals surface area contributed by atoms with Crippen LogP contribution in [-0.2, 0) is 11.3 Å². The van der Waals surface area contributed by atoms with Gasteiger partial charge in [0.1, 0.15) is 6.04 Å². The Morgan fingerprint density at radius 2 is 1.77 bits per heavy atom. The maximum atomic E-state index is 12.9. The molecule has 5 heteroatoms. The Morgan fingerprint density at radius 3 is 2.42 bits per heavy atom. The molecule has 0 bridgehead atoms. The molecule has 1 atom stereocenters. The topological polar surface area (TPSA) is 48.5 Å². The van der Waals surface area contributed by atoms with Gasteiger partial charge in [-0.3, -0.25) is 19.6 Å². The van der Waals surface area contributed by atoms with Crippen molar-refractivity contribution in [3.05, 3.63) is 66.0 Å². The molecule has 1 saturated carbocycles. The molecule has 26 heavy (non-hydrogen) atoms. The standard InChI is InChI=1S/C21H26N4O/c26-21(23-18-9-10-18)20(17-6-2-1-3-7-17)25-14-12-24(13-15-25)16-19-8-4-5-11-22-19/h1-8,11,18,20H,9-10,12-16H2,(H,23,26). The Hall–Kier alpha value is -2.24. The molecule has 1 amide bonds. The van der Waals surface area contributed by atoms with E-state index in [0.29, 0.717) is 6.04 Å². The van der Waals surface area contributed by atoms with Crippen LogP contribution >= 0.6 is 0 Å². The molecule has 1 aliphatic heterocycles. The number of piperazine rings is 1. The van der Waals surface area contributed by atoms with Gasteiger partial charge in [0.15, 0.2) is 0 Å². The van der Waals surface area contributed by atoms with Crippen LogP contribution in [0.2, 0.25) is 0 Å². The summed E-state index contributed by atoms with van der Waals surface area (Å²) in [5.74, 6) is 0.150. The lowest BCUT2D eigenvalue weighted by atomic mass is 10.0.